The van der Waals surface area contributed by atoms with Gasteiger partial charge in [-0.3, -0.25) is 4.79 Å². The van der Waals surface area contributed by atoms with Crippen molar-refractivity contribution in [1.82, 2.24) is 5.32 Å². The molecule has 0 heterocycles. The van der Waals surface area contributed by atoms with Gasteiger partial charge in [-0.25, -0.2) is 0 Å². The summed E-state index contributed by atoms with van der Waals surface area (Å²) in [7, 11) is 0. The zero-order chi connectivity index (χ0) is 11.5. The van der Waals surface area contributed by atoms with Gasteiger partial charge in [-0.15, -0.1) is 0 Å². The Hall–Kier alpha value is -0.0500. The van der Waals surface area contributed by atoms with Gasteiger partial charge in [-0.05, 0) is 37.0 Å². The first kappa shape index (κ1) is 12.4. The van der Waals surface area contributed by atoms with E-state index in [4.69, 9.17) is 0 Å². The molecule has 2 fully saturated rings. The van der Waals surface area contributed by atoms with Gasteiger partial charge in [0.1, 0.15) is 0 Å². The fourth-order valence-corrected chi connectivity index (χ4v) is 3.83. The van der Waals surface area contributed by atoms with Crippen LogP contribution in [-0.2, 0) is 4.79 Å². The van der Waals surface area contributed by atoms with Crippen LogP contribution in [0.1, 0.15) is 39.0 Å². The molecule has 0 aromatic carbocycles. The summed E-state index contributed by atoms with van der Waals surface area (Å²) in [6, 6.07) is 0. The van der Waals surface area contributed by atoms with Crippen LogP contribution in [0.2, 0.25) is 0 Å². The molecule has 0 aliphatic heterocycles. The van der Waals surface area contributed by atoms with Crippen LogP contribution in [-0.4, -0.2) is 17.8 Å². The van der Waals surface area contributed by atoms with Crippen molar-refractivity contribution in [3.05, 3.63) is 0 Å². The van der Waals surface area contributed by atoms with Crippen molar-refractivity contribution < 1.29 is 4.79 Å². The summed E-state index contributed by atoms with van der Waals surface area (Å²) >= 11 is 3.47. The number of fused-ring (bicyclic) bond motifs is 1. The number of hydrogen-bond acceptors (Lipinski definition) is 1. The SMILES string of the molecule is CCC(CCBr)CNC(=O)C1C2CCCC21. The first-order valence-corrected chi connectivity index (χ1v) is 7.73. The maximum atomic E-state index is 11.9. The number of carbonyl (C=O) groups is 1. The Kier molecular flexibility index (Phi) is 4.28. The van der Waals surface area contributed by atoms with Gasteiger partial charge in [0.2, 0.25) is 5.91 Å². The number of carbonyl (C=O) groups excluding carboxylic acids is 1. The maximum Gasteiger partial charge on any atom is 0.223 e. The zero-order valence-corrected chi connectivity index (χ0v) is 11.6. The summed E-state index contributed by atoms with van der Waals surface area (Å²) < 4.78 is 0. The van der Waals surface area contributed by atoms with E-state index >= 15 is 0 Å². The highest BCUT2D eigenvalue weighted by atomic mass is 79.9. The second-order valence-corrected chi connectivity index (χ2v) is 6.07. The molecule has 0 spiro atoms. The Morgan fingerprint density at radius 2 is 2.12 bits per heavy atom. The minimum atomic E-state index is 0.336. The molecule has 0 bridgehead atoms. The van der Waals surface area contributed by atoms with E-state index in [1.807, 2.05) is 0 Å². The number of amides is 1. The van der Waals surface area contributed by atoms with Gasteiger partial charge in [-0.1, -0.05) is 35.7 Å². The van der Waals surface area contributed by atoms with Gasteiger partial charge >= 0.3 is 0 Å². The molecule has 2 aliphatic rings. The van der Waals surface area contributed by atoms with E-state index in [9.17, 15) is 4.79 Å². The molecule has 0 aromatic rings. The lowest BCUT2D eigenvalue weighted by Crippen LogP contribution is -2.31. The predicted molar refractivity (Wildman–Crippen MR) is 69.5 cm³/mol. The lowest BCUT2D eigenvalue weighted by Gasteiger charge is -2.14. The molecule has 0 radical (unpaired) electrons. The quantitative estimate of drug-likeness (QED) is 0.748. The van der Waals surface area contributed by atoms with Crippen molar-refractivity contribution in [3.63, 3.8) is 0 Å². The highest BCUT2D eigenvalue weighted by molar-refractivity contribution is 9.09. The number of hydrogen-bond donors (Lipinski definition) is 1. The summed E-state index contributed by atoms with van der Waals surface area (Å²) in [6.07, 6.45) is 6.25. The molecular formula is C13H22BrNO. The van der Waals surface area contributed by atoms with Crippen LogP contribution in [0.4, 0.5) is 0 Å². The summed E-state index contributed by atoms with van der Waals surface area (Å²) in [4.78, 5) is 11.9. The van der Waals surface area contributed by atoms with Crippen molar-refractivity contribution in [2.45, 2.75) is 39.0 Å². The number of nitrogens with one attached hydrogen (secondary N) is 1. The predicted octanol–water partition coefficient (Wildman–Crippen LogP) is 2.96. The normalized spacial score (nSPS) is 33.2. The fraction of sp³-hybridized carbons (Fsp3) is 0.923. The third-order valence-corrected chi connectivity index (χ3v) is 4.83. The number of rotatable bonds is 6. The minimum absolute atomic E-state index is 0.336. The number of halogens is 1. The lowest BCUT2D eigenvalue weighted by atomic mass is 10.0. The van der Waals surface area contributed by atoms with Gasteiger partial charge in [-0.2, -0.15) is 0 Å². The molecule has 2 nitrogen and oxygen atoms in total. The Bertz CT molecular complexity index is 246. The van der Waals surface area contributed by atoms with Crippen molar-refractivity contribution in [2.24, 2.45) is 23.7 Å². The maximum absolute atomic E-state index is 11.9. The van der Waals surface area contributed by atoms with Crippen LogP contribution in [0.15, 0.2) is 0 Å². The average Bonchev–Trinajstić information content (AvgIpc) is 2.78. The third kappa shape index (κ3) is 2.61. The molecule has 3 heteroatoms. The molecule has 2 aliphatic carbocycles. The van der Waals surface area contributed by atoms with Crippen molar-refractivity contribution >= 4 is 21.8 Å². The summed E-state index contributed by atoms with van der Waals surface area (Å²) in [5.41, 5.74) is 0. The van der Waals surface area contributed by atoms with Gasteiger partial charge in [0.15, 0.2) is 0 Å². The Balaban J connectivity index is 1.68. The third-order valence-electron chi connectivity index (χ3n) is 4.37. The first-order chi connectivity index (χ1) is 7.77. The van der Waals surface area contributed by atoms with E-state index in [1.54, 1.807) is 0 Å². The van der Waals surface area contributed by atoms with Gasteiger partial charge in [0, 0.05) is 17.8 Å². The Morgan fingerprint density at radius 1 is 1.44 bits per heavy atom. The highest BCUT2D eigenvalue weighted by Crippen LogP contribution is 2.57. The number of alkyl halides is 1. The van der Waals surface area contributed by atoms with E-state index in [0.717, 1.165) is 36.6 Å². The van der Waals surface area contributed by atoms with Crippen molar-refractivity contribution in [1.29, 1.82) is 0 Å². The van der Waals surface area contributed by atoms with Gasteiger partial charge in [0.05, 0.1) is 0 Å². The largest absolute Gasteiger partial charge is 0.356 e. The Morgan fingerprint density at radius 3 is 2.69 bits per heavy atom. The summed E-state index contributed by atoms with van der Waals surface area (Å²) in [5, 5.41) is 4.19. The van der Waals surface area contributed by atoms with Crippen LogP contribution in [0.5, 0.6) is 0 Å². The minimum Gasteiger partial charge on any atom is -0.356 e. The standard InChI is InChI=1S/C13H22BrNO/c1-2-9(6-7-14)8-15-13(16)12-10-4-3-5-11(10)12/h9-12H,2-8H2,1H3,(H,15,16). The molecule has 0 aromatic heterocycles. The first-order valence-electron chi connectivity index (χ1n) is 6.61. The average molecular weight is 288 g/mol. The molecule has 2 rings (SSSR count). The summed E-state index contributed by atoms with van der Waals surface area (Å²) in [6.45, 7) is 3.07. The highest BCUT2D eigenvalue weighted by Gasteiger charge is 2.56. The van der Waals surface area contributed by atoms with E-state index < -0.39 is 0 Å². The van der Waals surface area contributed by atoms with E-state index in [1.165, 1.54) is 19.3 Å². The van der Waals surface area contributed by atoms with E-state index in [0.29, 0.717) is 17.7 Å². The second-order valence-electron chi connectivity index (χ2n) is 5.28. The van der Waals surface area contributed by atoms with Crippen LogP contribution in [0.25, 0.3) is 0 Å². The molecule has 2 saturated carbocycles. The van der Waals surface area contributed by atoms with Crippen molar-refractivity contribution in [2.75, 3.05) is 11.9 Å². The lowest BCUT2D eigenvalue weighted by molar-refractivity contribution is -0.123. The van der Waals surface area contributed by atoms with Crippen molar-refractivity contribution in [3.8, 4) is 0 Å². The molecular weight excluding hydrogens is 266 g/mol. The molecule has 3 unspecified atom stereocenters. The topological polar surface area (TPSA) is 29.1 Å². The van der Waals surface area contributed by atoms with Gasteiger partial charge < -0.3 is 5.32 Å². The zero-order valence-electron chi connectivity index (χ0n) is 10.0. The smallest absolute Gasteiger partial charge is 0.223 e. The van der Waals surface area contributed by atoms with Crippen LogP contribution < -0.4 is 5.32 Å². The van der Waals surface area contributed by atoms with Crippen LogP contribution in [0, 0.1) is 23.7 Å². The molecule has 1 N–H and O–H groups in total. The Labute approximate surface area is 107 Å². The van der Waals surface area contributed by atoms with E-state index in [-0.39, 0.29) is 0 Å². The van der Waals surface area contributed by atoms with Gasteiger partial charge in [0.25, 0.3) is 0 Å². The van der Waals surface area contributed by atoms with Crippen LogP contribution in [0.3, 0.4) is 0 Å². The molecule has 1 amide bonds. The fourth-order valence-electron chi connectivity index (χ4n) is 3.18. The molecule has 0 saturated heterocycles. The van der Waals surface area contributed by atoms with E-state index in [2.05, 4.69) is 28.2 Å². The second kappa shape index (κ2) is 5.52. The molecule has 16 heavy (non-hydrogen) atoms. The monoisotopic (exact) mass is 287 g/mol. The summed E-state index contributed by atoms with van der Waals surface area (Å²) in [5.74, 6) is 2.85. The molecule has 3 atom stereocenters. The molecule has 92 valence electrons. The van der Waals surface area contributed by atoms with Crippen LogP contribution >= 0.6 is 15.9 Å².